The molecule has 2 aliphatic rings. The maximum Gasteiger partial charge on any atom is 0.327 e. The minimum Gasteiger partial charge on any atom is -0.480 e. The lowest BCUT2D eigenvalue weighted by atomic mass is 10.1. The molecule has 94 valence electrons. The van der Waals surface area contributed by atoms with Crippen LogP contribution in [0, 0.1) is 5.92 Å². The first-order valence-electron chi connectivity index (χ1n) is 5.64. The van der Waals surface area contributed by atoms with Crippen LogP contribution in [-0.2, 0) is 9.59 Å². The van der Waals surface area contributed by atoms with Crippen LogP contribution in [0.5, 0.6) is 0 Å². The van der Waals surface area contributed by atoms with Gasteiger partial charge in [0, 0.05) is 24.1 Å². The third-order valence-corrected chi connectivity index (χ3v) is 4.15. The maximum absolute atomic E-state index is 12.2. The van der Waals surface area contributed by atoms with Gasteiger partial charge in [0.2, 0.25) is 5.91 Å². The topological polar surface area (TPSA) is 83.6 Å². The van der Waals surface area contributed by atoms with E-state index in [1.54, 1.807) is 17.8 Å². The standard InChI is InChI=1S/C11H16N2O3S/c12-8-2-1-7(5-8)10(14)13-3-4-17-6-9(13)11(15)16/h1-2,7-9H,3-6,12H2,(H,15,16). The fraction of sp³-hybridized carbons (Fsp3) is 0.636. The fourth-order valence-electron chi connectivity index (χ4n) is 2.20. The summed E-state index contributed by atoms with van der Waals surface area (Å²) in [5.74, 6) is 0.0235. The SMILES string of the molecule is NC1C=CC(C(=O)N2CCSCC2C(=O)O)C1. The molecular weight excluding hydrogens is 240 g/mol. The number of carbonyl (C=O) groups excluding carboxylic acids is 1. The molecule has 1 amide bonds. The molecule has 0 aromatic carbocycles. The normalized spacial score (nSPS) is 32.8. The molecule has 5 nitrogen and oxygen atoms in total. The highest BCUT2D eigenvalue weighted by molar-refractivity contribution is 7.99. The highest BCUT2D eigenvalue weighted by Crippen LogP contribution is 2.24. The highest BCUT2D eigenvalue weighted by atomic mass is 32.2. The van der Waals surface area contributed by atoms with Crippen molar-refractivity contribution in [2.24, 2.45) is 11.7 Å². The monoisotopic (exact) mass is 256 g/mol. The van der Waals surface area contributed by atoms with Crippen molar-refractivity contribution in [1.29, 1.82) is 0 Å². The first kappa shape index (κ1) is 12.4. The van der Waals surface area contributed by atoms with E-state index >= 15 is 0 Å². The predicted molar refractivity (Wildman–Crippen MR) is 65.7 cm³/mol. The van der Waals surface area contributed by atoms with E-state index in [9.17, 15) is 9.59 Å². The Labute approximate surface area is 104 Å². The van der Waals surface area contributed by atoms with Gasteiger partial charge in [-0.15, -0.1) is 0 Å². The number of carbonyl (C=O) groups is 2. The van der Waals surface area contributed by atoms with Gasteiger partial charge < -0.3 is 15.7 Å². The molecule has 2 rings (SSSR count). The predicted octanol–water partition coefficient (Wildman–Crippen LogP) is -0.0816. The van der Waals surface area contributed by atoms with Crippen molar-refractivity contribution in [3.05, 3.63) is 12.2 Å². The van der Waals surface area contributed by atoms with E-state index in [4.69, 9.17) is 10.8 Å². The van der Waals surface area contributed by atoms with Gasteiger partial charge in [-0.25, -0.2) is 4.79 Å². The second-order valence-corrected chi connectivity index (χ2v) is 5.50. The molecule has 3 N–H and O–H groups in total. The summed E-state index contributed by atoms with van der Waals surface area (Å²) < 4.78 is 0. The molecule has 0 aromatic rings. The Morgan fingerprint density at radius 3 is 2.76 bits per heavy atom. The van der Waals surface area contributed by atoms with Crippen LogP contribution >= 0.6 is 11.8 Å². The Hall–Kier alpha value is -1.01. The Morgan fingerprint density at radius 2 is 2.18 bits per heavy atom. The molecule has 1 heterocycles. The van der Waals surface area contributed by atoms with Crippen molar-refractivity contribution in [3.63, 3.8) is 0 Å². The Balaban J connectivity index is 2.06. The lowest BCUT2D eigenvalue weighted by Crippen LogP contribution is -2.52. The number of carboxylic acids is 1. The second-order valence-electron chi connectivity index (χ2n) is 4.35. The van der Waals surface area contributed by atoms with Gasteiger partial charge >= 0.3 is 5.97 Å². The van der Waals surface area contributed by atoms with Crippen molar-refractivity contribution in [2.75, 3.05) is 18.1 Å². The lowest BCUT2D eigenvalue weighted by molar-refractivity contribution is -0.150. The lowest BCUT2D eigenvalue weighted by Gasteiger charge is -2.34. The minimum atomic E-state index is -0.920. The summed E-state index contributed by atoms with van der Waals surface area (Å²) in [4.78, 5) is 24.8. The van der Waals surface area contributed by atoms with Gasteiger partial charge in [0.25, 0.3) is 0 Å². The van der Waals surface area contributed by atoms with Crippen molar-refractivity contribution < 1.29 is 14.7 Å². The highest BCUT2D eigenvalue weighted by Gasteiger charge is 2.36. The van der Waals surface area contributed by atoms with Crippen molar-refractivity contribution in [1.82, 2.24) is 4.90 Å². The van der Waals surface area contributed by atoms with Gasteiger partial charge in [0.15, 0.2) is 0 Å². The Morgan fingerprint density at radius 1 is 1.41 bits per heavy atom. The molecule has 0 bridgehead atoms. The van der Waals surface area contributed by atoms with Crippen molar-refractivity contribution >= 4 is 23.6 Å². The van der Waals surface area contributed by atoms with Crippen LogP contribution in [0.25, 0.3) is 0 Å². The van der Waals surface area contributed by atoms with Crippen LogP contribution in [-0.4, -0.2) is 52.0 Å². The fourth-order valence-corrected chi connectivity index (χ4v) is 3.23. The smallest absolute Gasteiger partial charge is 0.327 e. The van der Waals surface area contributed by atoms with Crippen LogP contribution in [0.15, 0.2) is 12.2 Å². The van der Waals surface area contributed by atoms with E-state index in [0.717, 1.165) is 5.75 Å². The maximum atomic E-state index is 12.2. The molecule has 3 unspecified atom stereocenters. The van der Waals surface area contributed by atoms with E-state index in [0.29, 0.717) is 18.7 Å². The van der Waals surface area contributed by atoms with Gasteiger partial charge in [0.1, 0.15) is 6.04 Å². The number of amides is 1. The second kappa shape index (κ2) is 5.10. The number of nitrogens with two attached hydrogens (primary N) is 1. The molecule has 1 saturated heterocycles. The molecule has 1 aliphatic heterocycles. The van der Waals surface area contributed by atoms with Crippen LogP contribution < -0.4 is 5.73 Å². The molecule has 6 heteroatoms. The largest absolute Gasteiger partial charge is 0.480 e. The van der Waals surface area contributed by atoms with E-state index in [1.165, 1.54) is 4.90 Å². The van der Waals surface area contributed by atoms with Crippen LogP contribution in [0.3, 0.4) is 0 Å². The number of carboxylic acid groups (broad SMARTS) is 1. The summed E-state index contributed by atoms with van der Waals surface area (Å²) >= 11 is 1.58. The number of aliphatic carboxylic acids is 1. The summed E-state index contributed by atoms with van der Waals surface area (Å²) in [6.45, 7) is 0.514. The molecule has 1 fully saturated rings. The zero-order valence-corrected chi connectivity index (χ0v) is 10.2. The third-order valence-electron chi connectivity index (χ3n) is 3.13. The summed E-state index contributed by atoms with van der Waals surface area (Å²) in [6.07, 6.45) is 4.21. The summed E-state index contributed by atoms with van der Waals surface area (Å²) in [6, 6.07) is -0.766. The zero-order chi connectivity index (χ0) is 12.4. The molecular formula is C11H16N2O3S. The van der Waals surface area contributed by atoms with Crippen LogP contribution in [0.2, 0.25) is 0 Å². The number of thioether (sulfide) groups is 1. The number of rotatable bonds is 2. The van der Waals surface area contributed by atoms with Gasteiger partial charge in [-0.05, 0) is 6.42 Å². The van der Waals surface area contributed by atoms with Crippen LogP contribution in [0.1, 0.15) is 6.42 Å². The van der Waals surface area contributed by atoms with Gasteiger partial charge in [-0.2, -0.15) is 11.8 Å². The molecule has 1 aliphatic carbocycles. The summed E-state index contributed by atoms with van der Waals surface area (Å²) in [5, 5.41) is 9.10. The summed E-state index contributed by atoms with van der Waals surface area (Å²) in [7, 11) is 0. The zero-order valence-electron chi connectivity index (χ0n) is 9.41. The average Bonchev–Trinajstić information content (AvgIpc) is 2.75. The Kier molecular flexibility index (Phi) is 3.73. The first-order valence-corrected chi connectivity index (χ1v) is 6.80. The molecule has 0 spiro atoms. The first-order chi connectivity index (χ1) is 8.09. The van der Waals surface area contributed by atoms with E-state index in [2.05, 4.69) is 0 Å². The molecule has 3 atom stereocenters. The van der Waals surface area contributed by atoms with Gasteiger partial charge in [-0.1, -0.05) is 12.2 Å². The molecule has 17 heavy (non-hydrogen) atoms. The van der Waals surface area contributed by atoms with Crippen molar-refractivity contribution in [3.8, 4) is 0 Å². The van der Waals surface area contributed by atoms with Crippen LogP contribution in [0.4, 0.5) is 0 Å². The molecule has 0 aromatic heterocycles. The van der Waals surface area contributed by atoms with E-state index < -0.39 is 12.0 Å². The summed E-state index contributed by atoms with van der Waals surface area (Å²) in [5.41, 5.74) is 5.71. The molecule has 0 saturated carbocycles. The average molecular weight is 256 g/mol. The van der Waals surface area contributed by atoms with Gasteiger partial charge in [-0.3, -0.25) is 4.79 Å². The quantitative estimate of drug-likeness (QED) is 0.675. The number of nitrogens with zero attached hydrogens (tertiary/aromatic N) is 1. The Bertz CT molecular complexity index is 359. The number of hydrogen-bond acceptors (Lipinski definition) is 4. The van der Waals surface area contributed by atoms with Gasteiger partial charge in [0.05, 0.1) is 5.92 Å². The number of hydrogen-bond donors (Lipinski definition) is 2. The van der Waals surface area contributed by atoms with Crippen molar-refractivity contribution in [2.45, 2.75) is 18.5 Å². The molecule has 0 radical (unpaired) electrons. The van der Waals surface area contributed by atoms with E-state index in [1.807, 2.05) is 6.08 Å². The minimum absolute atomic E-state index is 0.0774. The van der Waals surface area contributed by atoms with E-state index in [-0.39, 0.29) is 17.9 Å². The third kappa shape index (κ3) is 2.63.